The van der Waals surface area contributed by atoms with E-state index in [1.165, 1.54) is 19.2 Å². The van der Waals surface area contributed by atoms with E-state index in [4.69, 9.17) is 4.42 Å². The molecule has 0 aliphatic rings. The minimum absolute atomic E-state index is 0.0557. The van der Waals surface area contributed by atoms with E-state index in [1.807, 2.05) is 13.0 Å². The molecule has 0 saturated carbocycles. The summed E-state index contributed by atoms with van der Waals surface area (Å²) in [6, 6.07) is 6.62. The Bertz CT molecular complexity index is 562. The first-order chi connectivity index (χ1) is 8.63. The number of pyridine rings is 1. The lowest BCUT2D eigenvalue weighted by atomic mass is 10.1. The third-order valence-electron chi connectivity index (χ3n) is 2.59. The van der Waals surface area contributed by atoms with E-state index in [2.05, 4.69) is 9.72 Å². The van der Waals surface area contributed by atoms with Crippen LogP contribution in [0.1, 0.15) is 33.7 Å². The van der Waals surface area contributed by atoms with Gasteiger partial charge < -0.3 is 14.3 Å². The number of hydrogen-bond donors (Lipinski definition) is 1. The predicted molar refractivity (Wildman–Crippen MR) is 63.1 cm³/mol. The van der Waals surface area contributed by atoms with Crippen molar-refractivity contribution in [3.63, 3.8) is 0 Å². The first kappa shape index (κ1) is 12.3. The van der Waals surface area contributed by atoms with Gasteiger partial charge in [-0.1, -0.05) is 6.07 Å². The molecule has 0 fully saturated rings. The number of carbonyl (C=O) groups is 1. The second-order valence-corrected chi connectivity index (χ2v) is 3.80. The fourth-order valence-corrected chi connectivity index (χ4v) is 1.63. The molecule has 0 aliphatic carbocycles. The van der Waals surface area contributed by atoms with Crippen molar-refractivity contribution < 1.29 is 19.1 Å². The Morgan fingerprint density at radius 1 is 1.44 bits per heavy atom. The molecule has 0 saturated heterocycles. The van der Waals surface area contributed by atoms with Crippen LogP contribution in [0.2, 0.25) is 0 Å². The van der Waals surface area contributed by atoms with Gasteiger partial charge in [-0.15, -0.1) is 0 Å². The topological polar surface area (TPSA) is 72.6 Å². The molecule has 0 radical (unpaired) electrons. The summed E-state index contributed by atoms with van der Waals surface area (Å²) in [7, 11) is 1.27. The molecule has 0 amide bonds. The van der Waals surface area contributed by atoms with Crippen molar-refractivity contribution in [2.24, 2.45) is 0 Å². The van der Waals surface area contributed by atoms with Crippen LogP contribution in [-0.2, 0) is 4.74 Å². The average molecular weight is 247 g/mol. The van der Waals surface area contributed by atoms with Crippen LogP contribution in [0.25, 0.3) is 0 Å². The molecule has 18 heavy (non-hydrogen) atoms. The lowest BCUT2D eigenvalue weighted by molar-refractivity contribution is 0.0557. The van der Waals surface area contributed by atoms with Crippen molar-refractivity contribution in [1.29, 1.82) is 0 Å². The lowest BCUT2D eigenvalue weighted by Crippen LogP contribution is -2.04. The van der Waals surface area contributed by atoms with E-state index in [1.54, 1.807) is 12.3 Å². The van der Waals surface area contributed by atoms with Crippen molar-refractivity contribution in [3.05, 3.63) is 53.2 Å². The zero-order valence-corrected chi connectivity index (χ0v) is 10.1. The first-order valence-electron chi connectivity index (χ1n) is 5.41. The smallest absolute Gasteiger partial charge is 0.373 e. The zero-order valence-electron chi connectivity index (χ0n) is 10.1. The van der Waals surface area contributed by atoms with Gasteiger partial charge in [0.05, 0.1) is 12.8 Å². The van der Waals surface area contributed by atoms with Gasteiger partial charge in [0, 0.05) is 6.20 Å². The van der Waals surface area contributed by atoms with Crippen LogP contribution in [0.15, 0.2) is 34.9 Å². The fraction of sp³-hybridized carbons (Fsp3) is 0.231. The molecule has 0 aliphatic heterocycles. The predicted octanol–water partition coefficient (Wildman–Crippen LogP) is 1.85. The number of aliphatic hydroxyl groups excluding tert-OH is 1. The molecule has 5 nitrogen and oxygen atoms in total. The van der Waals surface area contributed by atoms with Gasteiger partial charge in [0.25, 0.3) is 0 Å². The normalized spacial score (nSPS) is 12.2. The standard InChI is InChI=1S/C13H13NO4/c1-8-4-3-7-14-11(8)12(15)9-5-6-10(18-9)13(16)17-2/h3-7,12,15H,1-2H3. The molecule has 1 atom stereocenters. The first-order valence-corrected chi connectivity index (χ1v) is 5.41. The number of esters is 1. The molecule has 94 valence electrons. The molecule has 2 aromatic heterocycles. The molecule has 1 N–H and O–H groups in total. The summed E-state index contributed by atoms with van der Waals surface area (Å²) < 4.78 is 9.77. The van der Waals surface area contributed by atoms with E-state index in [0.717, 1.165) is 5.56 Å². The number of rotatable bonds is 3. The summed E-state index contributed by atoms with van der Waals surface area (Å²) in [6.45, 7) is 1.84. The van der Waals surface area contributed by atoms with Crippen molar-refractivity contribution >= 4 is 5.97 Å². The summed E-state index contributed by atoms with van der Waals surface area (Å²) >= 11 is 0. The molecule has 2 aromatic rings. The van der Waals surface area contributed by atoms with Crippen LogP contribution in [0.5, 0.6) is 0 Å². The highest BCUT2D eigenvalue weighted by atomic mass is 16.5. The SMILES string of the molecule is COC(=O)c1ccc(C(O)c2ncccc2C)o1. The minimum Gasteiger partial charge on any atom is -0.463 e. The van der Waals surface area contributed by atoms with Crippen LogP contribution < -0.4 is 0 Å². The Labute approximate surface area is 104 Å². The molecule has 0 bridgehead atoms. The Hall–Kier alpha value is -2.14. The number of nitrogens with zero attached hydrogens (tertiary/aromatic N) is 1. The van der Waals surface area contributed by atoms with Crippen LogP contribution >= 0.6 is 0 Å². The highest BCUT2D eigenvalue weighted by molar-refractivity contribution is 5.86. The summed E-state index contributed by atoms with van der Waals surface area (Å²) in [4.78, 5) is 15.3. The van der Waals surface area contributed by atoms with E-state index in [-0.39, 0.29) is 11.5 Å². The zero-order chi connectivity index (χ0) is 13.1. The molecule has 0 aromatic carbocycles. The van der Waals surface area contributed by atoms with Gasteiger partial charge in [0.1, 0.15) is 5.76 Å². The van der Waals surface area contributed by atoms with E-state index in [9.17, 15) is 9.90 Å². The third kappa shape index (κ3) is 2.26. The van der Waals surface area contributed by atoms with Crippen LogP contribution in [0.3, 0.4) is 0 Å². The van der Waals surface area contributed by atoms with Gasteiger partial charge in [0.2, 0.25) is 5.76 Å². The number of furan rings is 1. The maximum atomic E-state index is 11.2. The number of aryl methyl sites for hydroxylation is 1. The van der Waals surface area contributed by atoms with Gasteiger partial charge in [-0.2, -0.15) is 0 Å². The summed E-state index contributed by atoms with van der Waals surface area (Å²) in [5.41, 5.74) is 1.35. The second kappa shape index (κ2) is 5.01. The highest BCUT2D eigenvalue weighted by Gasteiger charge is 2.20. The Morgan fingerprint density at radius 3 is 2.89 bits per heavy atom. The monoisotopic (exact) mass is 247 g/mol. The summed E-state index contributed by atoms with van der Waals surface area (Å²) in [5, 5.41) is 10.1. The van der Waals surface area contributed by atoms with Crippen LogP contribution in [-0.4, -0.2) is 23.2 Å². The maximum absolute atomic E-state index is 11.2. The number of methoxy groups -OCH3 is 1. The van der Waals surface area contributed by atoms with E-state index < -0.39 is 12.1 Å². The molecule has 5 heteroatoms. The van der Waals surface area contributed by atoms with Gasteiger partial charge >= 0.3 is 5.97 Å². The quantitative estimate of drug-likeness (QED) is 0.838. The number of aliphatic hydroxyl groups is 1. The Balaban J connectivity index is 2.29. The third-order valence-corrected chi connectivity index (χ3v) is 2.59. The van der Waals surface area contributed by atoms with E-state index in [0.29, 0.717) is 5.69 Å². The van der Waals surface area contributed by atoms with Crippen molar-refractivity contribution in [2.75, 3.05) is 7.11 Å². The molecule has 0 spiro atoms. The van der Waals surface area contributed by atoms with Crippen molar-refractivity contribution in [3.8, 4) is 0 Å². The number of hydrogen-bond acceptors (Lipinski definition) is 5. The number of ether oxygens (including phenoxy) is 1. The Kier molecular flexibility index (Phi) is 3.43. The second-order valence-electron chi connectivity index (χ2n) is 3.80. The molecular formula is C13H13NO4. The fourth-order valence-electron chi connectivity index (χ4n) is 1.63. The molecule has 1 unspecified atom stereocenters. The molecular weight excluding hydrogens is 234 g/mol. The number of carbonyl (C=O) groups excluding carboxylic acids is 1. The lowest BCUT2D eigenvalue weighted by Gasteiger charge is -2.09. The molecule has 2 heterocycles. The minimum atomic E-state index is -0.996. The highest BCUT2D eigenvalue weighted by Crippen LogP contribution is 2.24. The molecule has 2 rings (SSSR count). The maximum Gasteiger partial charge on any atom is 0.373 e. The summed E-state index contributed by atoms with van der Waals surface area (Å²) in [6.07, 6.45) is 0.597. The van der Waals surface area contributed by atoms with Crippen molar-refractivity contribution in [2.45, 2.75) is 13.0 Å². The summed E-state index contributed by atoms with van der Waals surface area (Å²) in [5.74, 6) is -0.261. The average Bonchev–Trinajstić information content (AvgIpc) is 2.87. The van der Waals surface area contributed by atoms with Gasteiger partial charge in [-0.25, -0.2) is 4.79 Å². The van der Waals surface area contributed by atoms with Crippen LogP contribution in [0.4, 0.5) is 0 Å². The van der Waals surface area contributed by atoms with Crippen molar-refractivity contribution in [1.82, 2.24) is 4.98 Å². The largest absolute Gasteiger partial charge is 0.463 e. The van der Waals surface area contributed by atoms with Crippen LogP contribution in [0, 0.1) is 6.92 Å². The van der Waals surface area contributed by atoms with Gasteiger partial charge in [-0.3, -0.25) is 4.98 Å². The Morgan fingerprint density at radius 2 is 2.22 bits per heavy atom. The van der Waals surface area contributed by atoms with Gasteiger partial charge in [-0.05, 0) is 30.7 Å². The number of aromatic nitrogens is 1. The van der Waals surface area contributed by atoms with Gasteiger partial charge in [0.15, 0.2) is 6.10 Å². The van der Waals surface area contributed by atoms with E-state index >= 15 is 0 Å².